The number of esters is 1. The maximum absolute atomic E-state index is 11.0. The Bertz CT molecular complexity index is 283. The smallest absolute Gasteiger partial charge is 0.358 e. The van der Waals surface area contributed by atoms with Crippen LogP contribution in [0.25, 0.3) is 0 Å². The van der Waals surface area contributed by atoms with Crippen LogP contribution >= 0.6 is 0 Å². The van der Waals surface area contributed by atoms with E-state index in [0.717, 1.165) is 0 Å². The zero-order valence-corrected chi connectivity index (χ0v) is 7.43. The molecule has 0 radical (unpaired) electrons. The number of aromatic nitrogens is 2. The maximum Gasteiger partial charge on any atom is 0.358 e. The molecule has 0 unspecified atom stereocenters. The molecule has 1 N–H and O–H groups in total. The Morgan fingerprint density at radius 3 is 3.15 bits per heavy atom. The van der Waals surface area contributed by atoms with Crippen molar-refractivity contribution >= 4 is 5.97 Å². The van der Waals surface area contributed by atoms with E-state index in [-0.39, 0.29) is 6.61 Å². The number of ether oxygens (including phenoxy) is 1. The van der Waals surface area contributed by atoms with Gasteiger partial charge < -0.3 is 14.4 Å². The predicted octanol–water partition coefficient (Wildman–Crippen LogP) is 0.0521. The fourth-order valence-electron chi connectivity index (χ4n) is 0.946. The van der Waals surface area contributed by atoms with Crippen LogP contribution in [0.4, 0.5) is 0 Å². The molecule has 1 rings (SSSR count). The normalized spacial score (nSPS) is 10.0. The van der Waals surface area contributed by atoms with Crippen LogP contribution < -0.4 is 0 Å². The summed E-state index contributed by atoms with van der Waals surface area (Å²) in [6.45, 7) is 0.784. The minimum atomic E-state index is -0.442. The van der Waals surface area contributed by atoms with Gasteiger partial charge in [0, 0.05) is 19.3 Å². The first kappa shape index (κ1) is 9.73. The zero-order chi connectivity index (χ0) is 9.68. The third-order valence-corrected chi connectivity index (χ3v) is 1.60. The van der Waals surface area contributed by atoms with Crippen molar-refractivity contribution in [3.63, 3.8) is 0 Å². The molecule has 0 fully saturated rings. The number of hydrogen-bond acceptors (Lipinski definition) is 4. The first-order valence-electron chi connectivity index (χ1n) is 3.99. The van der Waals surface area contributed by atoms with Gasteiger partial charge in [-0.15, -0.1) is 0 Å². The number of imidazole rings is 1. The first-order valence-corrected chi connectivity index (χ1v) is 3.99. The third-order valence-electron chi connectivity index (χ3n) is 1.60. The van der Waals surface area contributed by atoms with Crippen molar-refractivity contribution in [2.75, 3.05) is 13.7 Å². The van der Waals surface area contributed by atoms with Gasteiger partial charge in [-0.3, -0.25) is 0 Å². The minimum Gasteiger partial charge on any atom is -0.464 e. The van der Waals surface area contributed by atoms with Gasteiger partial charge in [0.25, 0.3) is 0 Å². The number of aryl methyl sites for hydroxylation is 1. The number of carbonyl (C=O) groups excluding carboxylic acids is 1. The monoisotopic (exact) mass is 184 g/mol. The molecule has 0 saturated heterocycles. The molecular formula is C8H12N2O3. The molecule has 0 saturated carbocycles. The molecule has 72 valence electrons. The highest BCUT2D eigenvalue weighted by atomic mass is 16.5. The van der Waals surface area contributed by atoms with Crippen molar-refractivity contribution in [2.24, 2.45) is 0 Å². The Morgan fingerprint density at radius 2 is 2.54 bits per heavy atom. The van der Waals surface area contributed by atoms with Gasteiger partial charge in [0.2, 0.25) is 0 Å². The van der Waals surface area contributed by atoms with E-state index in [4.69, 9.17) is 5.11 Å². The summed E-state index contributed by atoms with van der Waals surface area (Å²) in [7, 11) is 1.31. The summed E-state index contributed by atoms with van der Waals surface area (Å²) in [5.41, 5.74) is 0.292. The SMILES string of the molecule is COC(=O)c1cn(CCCO)cn1. The molecule has 0 atom stereocenters. The fraction of sp³-hybridized carbons (Fsp3) is 0.500. The summed E-state index contributed by atoms with van der Waals surface area (Å²) in [6, 6.07) is 0. The van der Waals surface area contributed by atoms with Crippen LogP contribution in [0.5, 0.6) is 0 Å². The molecule has 0 spiro atoms. The fourth-order valence-corrected chi connectivity index (χ4v) is 0.946. The lowest BCUT2D eigenvalue weighted by atomic mass is 10.4. The molecular weight excluding hydrogens is 172 g/mol. The topological polar surface area (TPSA) is 64.3 Å². The lowest BCUT2D eigenvalue weighted by Crippen LogP contribution is -2.01. The molecule has 1 aromatic rings. The average Bonchev–Trinajstić information content (AvgIpc) is 2.62. The van der Waals surface area contributed by atoms with Gasteiger partial charge in [0.05, 0.1) is 13.4 Å². The summed E-state index contributed by atoms with van der Waals surface area (Å²) >= 11 is 0. The molecule has 5 heteroatoms. The van der Waals surface area contributed by atoms with E-state index in [1.807, 2.05) is 0 Å². The number of nitrogens with zero attached hydrogens (tertiary/aromatic N) is 2. The molecule has 0 aliphatic carbocycles. The van der Waals surface area contributed by atoms with Crippen molar-refractivity contribution < 1.29 is 14.6 Å². The highest BCUT2D eigenvalue weighted by molar-refractivity contribution is 5.86. The molecule has 0 bridgehead atoms. The Morgan fingerprint density at radius 1 is 1.77 bits per heavy atom. The number of rotatable bonds is 4. The second-order valence-electron chi connectivity index (χ2n) is 2.57. The Balaban J connectivity index is 2.58. The van der Waals surface area contributed by atoms with Crippen LogP contribution in [0.3, 0.4) is 0 Å². The van der Waals surface area contributed by atoms with Gasteiger partial charge in [-0.05, 0) is 6.42 Å². The first-order chi connectivity index (χ1) is 6.27. The zero-order valence-electron chi connectivity index (χ0n) is 7.43. The molecule has 5 nitrogen and oxygen atoms in total. The van der Waals surface area contributed by atoms with Crippen LogP contribution in [0, 0.1) is 0 Å². The largest absolute Gasteiger partial charge is 0.464 e. The average molecular weight is 184 g/mol. The van der Waals surface area contributed by atoms with Gasteiger partial charge in [0.1, 0.15) is 0 Å². The summed E-state index contributed by atoms with van der Waals surface area (Å²) in [5.74, 6) is -0.442. The van der Waals surface area contributed by atoms with E-state index >= 15 is 0 Å². The van der Waals surface area contributed by atoms with Crippen LogP contribution in [0.15, 0.2) is 12.5 Å². The molecule has 0 aromatic carbocycles. The molecule has 1 heterocycles. The second-order valence-corrected chi connectivity index (χ2v) is 2.57. The van der Waals surface area contributed by atoms with Gasteiger partial charge >= 0.3 is 5.97 Å². The Labute approximate surface area is 76.0 Å². The van der Waals surface area contributed by atoms with Gasteiger partial charge in [-0.25, -0.2) is 9.78 Å². The second kappa shape index (κ2) is 4.61. The van der Waals surface area contributed by atoms with Crippen molar-refractivity contribution in [1.29, 1.82) is 0 Å². The highest BCUT2D eigenvalue weighted by Crippen LogP contribution is 1.98. The highest BCUT2D eigenvalue weighted by Gasteiger charge is 2.07. The van der Waals surface area contributed by atoms with Crippen molar-refractivity contribution in [2.45, 2.75) is 13.0 Å². The van der Waals surface area contributed by atoms with Crippen LogP contribution in [0.2, 0.25) is 0 Å². The molecule has 0 aliphatic heterocycles. The van der Waals surface area contributed by atoms with E-state index in [1.54, 1.807) is 17.1 Å². The maximum atomic E-state index is 11.0. The lowest BCUT2D eigenvalue weighted by Gasteiger charge is -1.97. The summed E-state index contributed by atoms with van der Waals surface area (Å²) in [4.78, 5) is 14.8. The van der Waals surface area contributed by atoms with E-state index < -0.39 is 5.97 Å². The van der Waals surface area contributed by atoms with Crippen LogP contribution in [-0.2, 0) is 11.3 Å². The van der Waals surface area contributed by atoms with Gasteiger partial charge in [-0.1, -0.05) is 0 Å². The molecule has 1 aromatic heterocycles. The molecule has 0 amide bonds. The standard InChI is InChI=1S/C8H12N2O3/c1-13-8(12)7-5-10(6-9-7)3-2-4-11/h5-6,11H,2-4H2,1H3. The van der Waals surface area contributed by atoms with Crippen molar-refractivity contribution in [3.8, 4) is 0 Å². The van der Waals surface area contributed by atoms with Gasteiger partial charge in [-0.2, -0.15) is 0 Å². The van der Waals surface area contributed by atoms with E-state index in [1.165, 1.54) is 7.11 Å². The van der Waals surface area contributed by atoms with Gasteiger partial charge in [0.15, 0.2) is 5.69 Å². The Hall–Kier alpha value is -1.36. The molecule has 0 aliphatic rings. The Kier molecular flexibility index (Phi) is 3.45. The lowest BCUT2D eigenvalue weighted by molar-refractivity contribution is 0.0594. The van der Waals surface area contributed by atoms with E-state index in [2.05, 4.69) is 9.72 Å². The van der Waals surface area contributed by atoms with Crippen molar-refractivity contribution in [3.05, 3.63) is 18.2 Å². The third kappa shape index (κ3) is 2.55. The number of hydrogen-bond donors (Lipinski definition) is 1. The predicted molar refractivity (Wildman–Crippen MR) is 45.3 cm³/mol. The number of aliphatic hydroxyl groups is 1. The number of aliphatic hydroxyl groups excluding tert-OH is 1. The number of carbonyl (C=O) groups is 1. The van der Waals surface area contributed by atoms with E-state index in [9.17, 15) is 4.79 Å². The van der Waals surface area contributed by atoms with E-state index in [0.29, 0.717) is 18.7 Å². The summed E-state index contributed by atoms with van der Waals surface area (Å²) in [6.07, 6.45) is 3.79. The summed E-state index contributed by atoms with van der Waals surface area (Å²) < 4.78 is 6.23. The number of methoxy groups -OCH3 is 1. The molecule has 13 heavy (non-hydrogen) atoms. The van der Waals surface area contributed by atoms with Crippen LogP contribution in [0.1, 0.15) is 16.9 Å². The van der Waals surface area contributed by atoms with Crippen molar-refractivity contribution in [1.82, 2.24) is 9.55 Å². The minimum absolute atomic E-state index is 0.131. The quantitative estimate of drug-likeness (QED) is 0.671. The summed E-state index contributed by atoms with van der Waals surface area (Å²) in [5, 5.41) is 8.56. The van der Waals surface area contributed by atoms with Crippen LogP contribution in [-0.4, -0.2) is 34.3 Å².